The van der Waals surface area contributed by atoms with E-state index in [4.69, 9.17) is 4.52 Å². The zero-order valence-corrected chi connectivity index (χ0v) is 12.2. The molecule has 1 aromatic carbocycles. The number of aromatic nitrogens is 1. The Bertz CT molecular complexity index is 705. The van der Waals surface area contributed by atoms with Crippen LogP contribution in [0.25, 0.3) is 0 Å². The molecule has 0 spiro atoms. The Morgan fingerprint density at radius 1 is 1.30 bits per heavy atom. The van der Waals surface area contributed by atoms with E-state index in [0.717, 1.165) is 4.31 Å². The van der Waals surface area contributed by atoms with Crippen molar-refractivity contribution in [2.45, 2.75) is 25.3 Å². The lowest BCUT2D eigenvalue weighted by Gasteiger charge is -2.17. The first kappa shape index (κ1) is 14.7. The molecule has 0 atom stereocenters. The zero-order chi connectivity index (χ0) is 14.9. The number of aryl methyl sites for hydroxylation is 2. The van der Waals surface area contributed by atoms with Crippen molar-refractivity contribution in [3.05, 3.63) is 47.1 Å². The molecule has 7 heteroatoms. The van der Waals surface area contributed by atoms with Gasteiger partial charge in [-0.15, -0.1) is 0 Å². The summed E-state index contributed by atoms with van der Waals surface area (Å²) in [5.41, 5.74) is 0.605. The minimum absolute atomic E-state index is 0.0383. The first-order valence-corrected chi connectivity index (χ1v) is 7.40. The minimum atomic E-state index is -3.76. The van der Waals surface area contributed by atoms with Crippen molar-refractivity contribution >= 4 is 10.0 Å². The van der Waals surface area contributed by atoms with Gasteiger partial charge in [0, 0.05) is 19.2 Å². The molecule has 108 valence electrons. The molecule has 0 aliphatic rings. The van der Waals surface area contributed by atoms with E-state index in [9.17, 15) is 12.8 Å². The Balaban J connectivity index is 2.34. The van der Waals surface area contributed by atoms with Crippen LogP contribution in [0.5, 0.6) is 0 Å². The topological polar surface area (TPSA) is 63.4 Å². The molecule has 5 nitrogen and oxygen atoms in total. The van der Waals surface area contributed by atoms with Gasteiger partial charge in [-0.1, -0.05) is 23.4 Å². The summed E-state index contributed by atoms with van der Waals surface area (Å²) >= 11 is 0. The summed E-state index contributed by atoms with van der Waals surface area (Å²) in [7, 11) is -2.37. The molecule has 20 heavy (non-hydrogen) atoms. The number of hydrogen-bond donors (Lipinski definition) is 0. The van der Waals surface area contributed by atoms with Gasteiger partial charge in [0.15, 0.2) is 5.76 Å². The van der Waals surface area contributed by atoms with E-state index in [-0.39, 0.29) is 17.2 Å². The summed E-state index contributed by atoms with van der Waals surface area (Å²) < 4.78 is 44.5. The van der Waals surface area contributed by atoms with Gasteiger partial charge in [-0.05, 0) is 19.9 Å². The maximum Gasteiger partial charge on any atom is 0.248 e. The van der Waals surface area contributed by atoms with Gasteiger partial charge in [0.05, 0.1) is 0 Å². The van der Waals surface area contributed by atoms with Crippen LogP contribution < -0.4 is 0 Å². The van der Waals surface area contributed by atoms with Gasteiger partial charge >= 0.3 is 0 Å². The number of hydrogen-bond acceptors (Lipinski definition) is 4. The molecule has 1 aromatic heterocycles. The summed E-state index contributed by atoms with van der Waals surface area (Å²) in [6.07, 6.45) is 0. The Hall–Kier alpha value is -1.73. The molecule has 0 saturated carbocycles. The molecular formula is C13H15FN2O3S. The molecular weight excluding hydrogens is 283 g/mol. The highest BCUT2D eigenvalue weighted by Gasteiger charge is 2.28. The number of halogens is 1. The summed E-state index contributed by atoms with van der Waals surface area (Å²) in [6, 6.07) is 6.07. The fourth-order valence-corrected chi connectivity index (χ4v) is 3.38. The fraction of sp³-hybridized carbons (Fsp3) is 0.308. The van der Waals surface area contributed by atoms with Crippen molar-refractivity contribution in [3.63, 3.8) is 0 Å². The average molecular weight is 298 g/mol. The molecule has 0 amide bonds. The zero-order valence-electron chi connectivity index (χ0n) is 11.4. The molecule has 0 aliphatic carbocycles. The number of nitrogens with zero attached hydrogens (tertiary/aromatic N) is 2. The first-order valence-electron chi connectivity index (χ1n) is 5.96. The Labute approximate surface area is 117 Å². The van der Waals surface area contributed by atoms with Gasteiger partial charge in [-0.2, -0.15) is 4.31 Å². The van der Waals surface area contributed by atoms with Crippen LogP contribution in [0.15, 0.2) is 33.7 Å². The van der Waals surface area contributed by atoms with Crippen LogP contribution in [0.1, 0.15) is 17.0 Å². The van der Waals surface area contributed by atoms with Gasteiger partial charge in [-0.3, -0.25) is 0 Å². The summed E-state index contributed by atoms with van der Waals surface area (Å²) in [5, 5.41) is 3.63. The molecule has 0 bridgehead atoms. The number of rotatable bonds is 4. The third-order valence-electron chi connectivity index (χ3n) is 2.99. The van der Waals surface area contributed by atoms with Crippen molar-refractivity contribution in [3.8, 4) is 0 Å². The molecule has 2 rings (SSSR count). The highest BCUT2D eigenvalue weighted by Crippen LogP contribution is 2.23. The minimum Gasteiger partial charge on any atom is -0.360 e. The number of sulfonamides is 1. The van der Waals surface area contributed by atoms with Crippen molar-refractivity contribution in [1.29, 1.82) is 0 Å². The highest BCUT2D eigenvalue weighted by molar-refractivity contribution is 7.89. The van der Waals surface area contributed by atoms with Crippen LogP contribution in [0.4, 0.5) is 4.39 Å². The molecule has 0 saturated heterocycles. The second-order valence-corrected chi connectivity index (χ2v) is 6.49. The lowest BCUT2D eigenvalue weighted by atomic mass is 10.2. The van der Waals surface area contributed by atoms with E-state index in [2.05, 4.69) is 5.16 Å². The monoisotopic (exact) mass is 298 g/mol. The Kier molecular flexibility index (Phi) is 3.92. The van der Waals surface area contributed by atoms with Gasteiger partial charge in [0.25, 0.3) is 0 Å². The van der Waals surface area contributed by atoms with Crippen molar-refractivity contribution in [1.82, 2.24) is 9.46 Å². The number of benzene rings is 1. The van der Waals surface area contributed by atoms with E-state index in [0.29, 0.717) is 11.3 Å². The fourth-order valence-electron chi connectivity index (χ4n) is 1.95. The average Bonchev–Trinajstić information content (AvgIpc) is 2.72. The van der Waals surface area contributed by atoms with Crippen LogP contribution >= 0.6 is 0 Å². The predicted molar refractivity (Wildman–Crippen MR) is 71.0 cm³/mol. The van der Waals surface area contributed by atoms with E-state index >= 15 is 0 Å². The van der Waals surface area contributed by atoms with Gasteiger partial charge in [0.2, 0.25) is 10.0 Å². The van der Waals surface area contributed by atoms with Crippen LogP contribution in [0.3, 0.4) is 0 Å². The van der Waals surface area contributed by atoms with Gasteiger partial charge in [-0.25, -0.2) is 12.8 Å². The van der Waals surface area contributed by atoms with Crippen LogP contribution in [0.2, 0.25) is 0 Å². The Morgan fingerprint density at radius 2 is 1.95 bits per heavy atom. The van der Waals surface area contributed by atoms with Gasteiger partial charge in [0.1, 0.15) is 16.4 Å². The van der Waals surface area contributed by atoms with Crippen LogP contribution in [0, 0.1) is 19.7 Å². The van der Waals surface area contributed by atoms with Crippen molar-refractivity contribution < 1.29 is 17.3 Å². The molecule has 0 aliphatic heterocycles. The van der Waals surface area contributed by atoms with E-state index in [1.807, 2.05) is 0 Å². The third kappa shape index (κ3) is 2.59. The summed E-state index contributed by atoms with van der Waals surface area (Å²) in [5.74, 6) is -0.212. The summed E-state index contributed by atoms with van der Waals surface area (Å²) in [6.45, 7) is 3.03. The second kappa shape index (κ2) is 5.34. The summed E-state index contributed by atoms with van der Waals surface area (Å²) in [4.78, 5) is 0.0383. The van der Waals surface area contributed by atoms with E-state index in [1.54, 1.807) is 25.1 Å². The maximum atomic E-state index is 13.6. The van der Waals surface area contributed by atoms with Crippen molar-refractivity contribution in [2.24, 2.45) is 0 Å². The maximum absolute atomic E-state index is 13.6. The van der Waals surface area contributed by atoms with Gasteiger partial charge < -0.3 is 4.52 Å². The molecule has 0 fully saturated rings. The quantitative estimate of drug-likeness (QED) is 0.868. The van der Waals surface area contributed by atoms with Crippen molar-refractivity contribution in [2.75, 3.05) is 7.05 Å². The van der Waals surface area contributed by atoms with E-state index in [1.165, 1.54) is 20.0 Å². The van der Waals surface area contributed by atoms with Crippen LogP contribution in [-0.2, 0) is 16.6 Å². The Morgan fingerprint density at radius 3 is 2.50 bits per heavy atom. The normalized spacial score (nSPS) is 12.1. The smallest absolute Gasteiger partial charge is 0.248 e. The molecule has 2 aromatic rings. The largest absolute Gasteiger partial charge is 0.360 e. The molecule has 0 radical (unpaired) electrons. The first-order chi connectivity index (χ1) is 9.34. The molecule has 0 unspecified atom stereocenters. The SMILES string of the molecule is Cc1noc(C)c1S(=O)(=O)N(C)Cc1ccccc1F. The molecule has 0 N–H and O–H groups in total. The molecule has 1 heterocycles. The van der Waals surface area contributed by atoms with E-state index < -0.39 is 15.8 Å². The lowest BCUT2D eigenvalue weighted by molar-refractivity contribution is 0.389. The standard InChI is InChI=1S/C13H15FN2O3S/c1-9-13(10(2)19-15-9)20(17,18)16(3)8-11-6-4-5-7-12(11)14/h4-7H,8H2,1-3H3. The predicted octanol–water partition coefficient (Wildman–Crippen LogP) is 2.25. The highest BCUT2D eigenvalue weighted by atomic mass is 32.2. The van der Waals surface area contributed by atoms with Crippen LogP contribution in [-0.4, -0.2) is 24.9 Å². The second-order valence-electron chi connectivity index (χ2n) is 4.51. The third-order valence-corrected chi connectivity index (χ3v) is 5.04. The lowest BCUT2D eigenvalue weighted by Crippen LogP contribution is -2.27.